The molecular weight excluding hydrogens is 357 g/mol. The summed E-state index contributed by atoms with van der Waals surface area (Å²) in [5.41, 5.74) is 8.41. The molecule has 0 saturated heterocycles. The number of rotatable bonds is 6. The third-order valence-corrected chi connectivity index (χ3v) is 3.99. The second kappa shape index (κ2) is 8.03. The highest BCUT2D eigenvalue weighted by Gasteiger charge is 2.09. The quantitative estimate of drug-likeness (QED) is 0.645. The predicted octanol–water partition coefficient (Wildman–Crippen LogP) is 2.58. The lowest BCUT2D eigenvalue weighted by atomic mass is 10.1. The SMILES string of the molecule is C#Cc1cc(F)c2nc(Nc3cc(CC(N)=O)cc(CN(C)C)c3)ncc2c1. The van der Waals surface area contributed by atoms with E-state index in [1.807, 2.05) is 31.1 Å². The van der Waals surface area contributed by atoms with Crippen molar-refractivity contribution in [2.24, 2.45) is 5.73 Å². The topological polar surface area (TPSA) is 84.1 Å². The van der Waals surface area contributed by atoms with Gasteiger partial charge in [-0.25, -0.2) is 14.4 Å². The van der Waals surface area contributed by atoms with Crippen LogP contribution in [0.4, 0.5) is 16.0 Å². The number of halogens is 1. The normalized spacial score (nSPS) is 10.8. The Morgan fingerprint density at radius 2 is 2.00 bits per heavy atom. The third-order valence-electron chi connectivity index (χ3n) is 3.99. The molecule has 28 heavy (non-hydrogen) atoms. The lowest BCUT2D eigenvalue weighted by molar-refractivity contribution is -0.117. The monoisotopic (exact) mass is 377 g/mol. The minimum atomic E-state index is -0.508. The minimum absolute atomic E-state index is 0.123. The summed E-state index contributed by atoms with van der Waals surface area (Å²) in [6, 6.07) is 8.58. The predicted molar refractivity (Wildman–Crippen MR) is 107 cm³/mol. The van der Waals surface area contributed by atoms with Crippen LogP contribution in [0.3, 0.4) is 0 Å². The molecule has 7 heteroatoms. The van der Waals surface area contributed by atoms with Crippen LogP contribution in [0.1, 0.15) is 16.7 Å². The zero-order valence-corrected chi connectivity index (χ0v) is 15.7. The summed E-state index contributed by atoms with van der Waals surface area (Å²) in [6.45, 7) is 0.684. The lowest BCUT2D eigenvalue weighted by Gasteiger charge is -2.14. The molecule has 0 bridgehead atoms. The van der Waals surface area contributed by atoms with Gasteiger partial charge in [-0.3, -0.25) is 4.79 Å². The summed E-state index contributed by atoms with van der Waals surface area (Å²) in [5, 5.41) is 3.60. The maximum absolute atomic E-state index is 14.3. The molecule has 0 aliphatic heterocycles. The standard InChI is InChI=1S/C21H20FN5O/c1-4-13-6-16-11-24-21(26-20(16)18(22)9-13)25-17-7-14(10-19(23)28)5-15(8-17)12-27(2)3/h1,5-9,11H,10,12H2,2-3H3,(H2,23,28)(H,24,25,26). The van der Waals surface area contributed by atoms with E-state index in [1.165, 1.54) is 12.3 Å². The van der Waals surface area contributed by atoms with Crippen LogP contribution in [-0.2, 0) is 17.8 Å². The number of benzene rings is 2. The zero-order valence-electron chi connectivity index (χ0n) is 15.7. The third kappa shape index (κ3) is 4.61. The first-order valence-corrected chi connectivity index (χ1v) is 8.60. The van der Waals surface area contributed by atoms with Gasteiger partial charge in [0.15, 0.2) is 5.82 Å². The van der Waals surface area contributed by atoms with Crippen LogP contribution in [0.2, 0.25) is 0 Å². The summed E-state index contributed by atoms with van der Waals surface area (Å²) in [7, 11) is 3.90. The Hall–Kier alpha value is -3.50. The van der Waals surface area contributed by atoms with Crippen molar-refractivity contribution in [1.29, 1.82) is 0 Å². The molecule has 0 aliphatic rings. The Labute approximate surface area is 162 Å². The van der Waals surface area contributed by atoms with Gasteiger partial charge < -0.3 is 16.0 Å². The van der Waals surface area contributed by atoms with E-state index in [0.29, 0.717) is 23.2 Å². The van der Waals surface area contributed by atoms with Crippen molar-refractivity contribution >= 4 is 28.4 Å². The van der Waals surface area contributed by atoms with E-state index in [4.69, 9.17) is 12.2 Å². The van der Waals surface area contributed by atoms with Crippen LogP contribution in [0.5, 0.6) is 0 Å². The van der Waals surface area contributed by atoms with Crippen molar-refractivity contribution in [3.8, 4) is 12.3 Å². The Morgan fingerprint density at radius 1 is 1.25 bits per heavy atom. The van der Waals surface area contributed by atoms with Crippen LogP contribution in [0, 0.1) is 18.2 Å². The van der Waals surface area contributed by atoms with Crippen LogP contribution < -0.4 is 11.1 Å². The Balaban J connectivity index is 1.96. The van der Waals surface area contributed by atoms with E-state index in [9.17, 15) is 9.18 Å². The number of amides is 1. The van der Waals surface area contributed by atoms with Crippen molar-refractivity contribution in [2.75, 3.05) is 19.4 Å². The molecule has 0 aliphatic carbocycles. The highest BCUT2D eigenvalue weighted by atomic mass is 19.1. The first-order chi connectivity index (χ1) is 13.3. The number of hydrogen-bond donors (Lipinski definition) is 2. The molecule has 0 saturated carbocycles. The number of terminal acetylenes is 1. The van der Waals surface area contributed by atoms with Gasteiger partial charge in [-0.2, -0.15) is 0 Å². The maximum Gasteiger partial charge on any atom is 0.227 e. The van der Waals surface area contributed by atoms with Gasteiger partial charge in [-0.15, -0.1) is 6.42 Å². The first-order valence-electron chi connectivity index (χ1n) is 8.60. The van der Waals surface area contributed by atoms with E-state index in [0.717, 1.165) is 11.1 Å². The highest BCUT2D eigenvalue weighted by molar-refractivity contribution is 5.81. The van der Waals surface area contributed by atoms with E-state index in [2.05, 4.69) is 21.2 Å². The van der Waals surface area contributed by atoms with Crippen LogP contribution in [-0.4, -0.2) is 34.9 Å². The number of hydrogen-bond acceptors (Lipinski definition) is 5. The molecule has 3 aromatic rings. The Kier molecular flexibility index (Phi) is 5.52. The molecule has 1 heterocycles. The van der Waals surface area contributed by atoms with Crippen LogP contribution in [0.25, 0.3) is 10.9 Å². The first kappa shape index (κ1) is 19.3. The van der Waals surface area contributed by atoms with E-state index in [-0.39, 0.29) is 17.9 Å². The van der Waals surface area contributed by atoms with Crippen molar-refractivity contribution in [2.45, 2.75) is 13.0 Å². The highest BCUT2D eigenvalue weighted by Crippen LogP contribution is 2.22. The fraction of sp³-hybridized carbons (Fsp3) is 0.190. The molecule has 0 unspecified atom stereocenters. The van der Waals surface area contributed by atoms with Crippen LogP contribution in [0.15, 0.2) is 36.5 Å². The molecule has 0 fully saturated rings. The van der Waals surface area contributed by atoms with Crippen LogP contribution >= 0.6 is 0 Å². The number of nitrogens with one attached hydrogen (secondary N) is 1. The number of nitrogens with zero attached hydrogens (tertiary/aromatic N) is 3. The van der Waals surface area contributed by atoms with Gasteiger partial charge in [0, 0.05) is 29.4 Å². The van der Waals surface area contributed by atoms with Gasteiger partial charge >= 0.3 is 0 Å². The number of fused-ring (bicyclic) bond motifs is 1. The Bertz CT molecular complexity index is 1090. The van der Waals surface area contributed by atoms with Gasteiger partial charge in [-0.05, 0) is 49.5 Å². The number of carbonyl (C=O) groups is 1. The fourth-order valence-corrected chi connectivity index (χ4v) is 2.97. The zero-order chi connectivity index (χ0) is 20.3. The summed E-state index contributed by atoms with van der Waals surface area (Å²) in [5.74, 6) is 1.72. The van der Waals surface area contributed by atoms with Crippen molar-refractivity contribution in [1.82, 2.24) is 14.9 Å². The molecule has 3 rings (SSSR count). The molecule has 1 aromatic heterocycles. The second-order valence-electron chi connectivity index (χ2n) is 6.78. The number of carbonyl (C=O) groups excluding carboxylic acids is 1. The Morgan fingerprint density at radius 3 is 2.68 bits per heavy atom. The summed E-state index contributed by atoms with van der Waals surface area (Å²) in [6.07, 6.45) is 6.97. The fourth-order valence-electron chi connectivity index (χ4n) is 2.97. The van der Waals surface area contributed by atoms with Crippen molar-refractivity contribution in [3.05, 3.63) is 59.0 Å². The molecule has 0 atom stereocenters. The molecule has 1 amide bonds. The summed E-state index contributed by atoms with van der Waals surface area (Å²) >= 11 is 0. The minimum Gasteiger partial charge on any atom is -0.369 e. The smallest absolute Gasteiger partial charge is 0.227 e. The molecular formula is C21H20FN5O. The lowest BCUT2D eigenvalue weighted by Crippen LogP contribution is -2.15. The molecule has 3 N–H and O–H groups in total. The van der Waals surface area contributed by atoms with Crippen molar-refractivity contribution < 1.29 is 9.18 Å². The average Bonchev–Trinajstić information content (AvgIpc) is 2.60. The molecule has 0 radical (unpaired) electrons. The average molecular weight is 377 g/mol. The van der Waals surface area contributed by atoms with Gasteiger partial charge in [0.25, 0.3) is 0 Å². The molecule has 142 valence electrons. The van der Waals surface area contributed by atoms with E-state index < -0.39 is 11.7 Å². The van der Waals surface area contributed by atoms with E-state index >= 15 is 0 Å². The van der Waals surface area contributed by atoms with E-state index in [1.54, 1.807) is 12.1 Å². The van der Waals surface area contributed by atoms with Gasteiger partial charge in [0.05, 0.1) is 6.42 Å². The summed E-state index contributed by atoms with van der Waals surface area (Å²) in [4.78, 5) is 21.8. The largest absolute Gasteiger partial charge is 0.369 e. The summed E-state index contributed by atoms with van der Waals surface area (Å²) < 4.78 is 14.3. The number of nitrogens with two attached hydrogens (primary N) is 1. The molecule has 0 spiro atoms. The molecule has 2 aromatic carbocycles. The number of aromatic nitrogens is 2. The number of primary amides is 1. The van der Waals surface area contributed by atoms with Gasteiger partial charge in [0.1, 0.15) is 5.52 Å². The maximum atomic E-state index is 14.3. The second-order valence-corrected chi connectivity index (χ2v) is 6.78. The van der Waals surface area contributed by atoms with Gasteiger partial charge in [0.2, 0.25) is 11.9 Å². The molecule has 6 nitrogen and oxygen atoms in total. The number of anilines is 2. The van der Waals surface area contributed by atoms with Gasteiger partial charge in [-0.1, -0.05) is 12.0 Å². The van der Waals surface area contributed by atoms with Crippen molar-refractivity contribution in [3.63, 3.8) is 0 Å².